The second-order valence-corrected chi connectivity index (χ2v) is 8.94. The van der Waals surface area contributed by atoms with Crippen molar-refractivity contribution in [3.05, 3.63) is 0 Å². The largest absolute Gasteiger partial charge is 0.327 e. The first-order valence-corrected chi connectivity index (χ1v) is 9.65. The number of hydrogen-bond acceptors (Lipinski definition) is 4. The van der Waals surface area contributed by atoms with E-state index in [4.69, 9.17) is 5.73 Å². The van der Waals surface area contributed by atoms with Gasteiger partial charge in [0.1, 0.15) is 9.84 Å². The molecule has 3 atom stereocenters. The average molecular weight is 281 g/mol. The lowest BCUT2D eigenvalue weighted by Gasteiger charge is -2.25. The standard InChI is InChI=1S/C11H23NO3S2/c1-17(14,15)9-8-16(13)11-7-5-3-2-4-6-10(11)12/h10-11H,2-9,12H2,1H3. The predicted octanol–water partition coefficient (Wildman–Crippen LogP) is 0.830. The summed E-state index contributed by atoms with van der Waals surface area (Å²) < 4.78 is 34.2. The summed E-state index contributed by atoms with van der Waals surface area (Å²) in [4.78, 5) is 0. The molecule has 2 N–H and O–H groups in total. The Balaban J connectivity index is 2.52. The molecule has 102 valence electrons. The maximum atomic E-state index is 12.1. The number of sulfone groups is 1. The van der Waals surface area contributed by atoms with Crippen LogP contribution in [0.5, 0.6) is 0 Å². The lowest BCUT2D eigenvalue weighted by atomic mass is 9.97. The molecule has 6 heteroatoms. The van der Waals surface area contributed by atoms with E-state index in [-0.39, 0.29) is 22.8 Å². The van der Waals surface area contributed by atoms with Crippen LogP contribution >= 0.6 is 0 Å². The number of rotatable bonds is 4. The van der Waals surface area contributed by atoms with Crippen molar-refractivity contribution < 1.29 is 12.6 Å². The third-order valence-electron chi connectivity index (χ3n) is 3.25. The van der Waals surface area contributed by atoms with E-state index in [0.29, 0.717) is 0 Å². The highest BCUT2D eigenvalue weighted by Crippen LogP contribution is 2.20. The van der Waals surface area contributed by atoms with Crippen LogP contribution in [0, 0.1) is 0 Å². The van der Waals surface area contributed by atoms with Gasteiger partial charge < -0.3 is 5.73 Å². The van der Waals surface area contributed by atoms with Gasteiger partial charge in [0, 0.05) is 34.1 Å². The van der Waals surface area contributed by atoms with Gasteiger partial charge in [-0.15, -0.1) is 0 Å². The molecule has 0 amide bonds. The summed E-state index contributed by atoms with van der Waals surface area (Å²) in [5, 5.41) is -0.0166. The Morgan fingerprint density at radius 1 is 1.18 bits per heavy atom. The fourth-order valence-corrected chi connectivity index (χ4v) is 5.32. The average Bonchev–Trinajstić information content (AvgIpc) is 2.20. The molecule has 0 saturated heterocycles. The van der Waals surface area contributed by atoms with Crippen molar-refractivity contribution in [1.82, 2.24) is 0 Å². The quantitative estimate of drug-likeness (QED) is 0.828. The van der Waals surface area contributed by atoms with Crippen molar-refractivity contribution in [1.29, 1.82) is 0 Å². The summed E-state index contributed by atoms with van der Waals surface area (Å²) >= 11 is 0. The summed E-state index contributed by atoms with van der Waals surface area (Å²) in [6.07, 6.45) is 7.50. The van der Waals surface area contributed by atoms with Gasteiger partial charge in [-0.3, -0.25) is 4.21 Å². The van der Waals surface area contributed by atoms with Crippen LogP contribution in [-0.2, 0) is 20.6 Å². The molecule has 0 spiro atoms. The predicted molar refractivity (Wildman–Crippen MR) is 72.2 cm³/mol. The Bertz CT molecular complexity index is 354. The molecule has 0 aromatic rings. The van der Waals surface area contributed by atoms with Crippen molar-refractivity contribution in [2.75, 3.05) is 17.8 Å². The monoisotopic (exact) mass is 281 g/mol. The first-order valence-electron chi connectivity index (χ1n) is 6.20. The first-order chi connectivity index (χ1) is 7.90. The maximum Gasteiger partial charge on any atom is 0.148 e. The third kappa shape index (κ3) is 5.97. The Morgan fingerprint density at radius 3 is 2.35 bits per heavy atom. The lowest BCUT2D eigenvalue weighted by molar-refractivity contribution is 0.456. The SMILES string of the molecule is CS(=O)(=O)CCS(=O)C1CCCCCCC1N. The lowest BCUT2D eigenvalue weighted by Crippen LogP contribution is -2.40. The number of nitrogens with two attached hydrogens (primary N) is 1. The Kier molecular flexibility index (Phi) is 6.09. The second kappa shape index (κ2) is 6.85. The van der Waals surface area contributed by atoms with Gasteiger partial charge in [0.05, 0.1) is 5.75 Å². The zero-order valence-corrected chi connectivity index (χ0v) is 12.1. The Hall–Kier alpha value is 0.0600. The molecule has 1 aliphatic rings. The molecular weight excluding hydrogens is 258 g/mol. The summed E-state index contributed by atoms with van der Waals surface area (Å²) in [5.41, 5.74) is 6.05. The first kappa shape index (κ1) is 15.1. The molecule has 4 nitrogen and oxygen atoms in total. The van der Waals surface area contributed by atoms with Gasteiger partial charge in [-0.1, -0.05) is 25.7 Å². The molecule has 0 aromatic carbocycles. The highest BCUT2D eigenvalue weighted by molar-refractivity contribution is 7.92. The highest BCUT2D eigenvalue weighted by Gasteiger charge is 2.25. The zero-order chi connectivity index (χ0) is 12.9. The molecule has 1 saturated carbocycles. The second-order valence-electron chi connectivity index (χ2n) is 4.91. The van der Waals surface area contributed by atoms with Gasteiger partial charge in [-0.05, 0) is 12.8 Å². The van der Waals surface area contributed by atoms with Crippen LogP contribution in [0.15, 0.2) is 0 Å². The molecule has 0 aliphatic heterocycles. The third-order valence-corrected chi connectivity index (χ3v) is 6.32. The Morgan fingerprint density at radius 2 is 1.76 bits per heavy atom. The van der Waals surface area contributed by atoms with Crippen molar-refractivity contribution in [3.8, 4) is 0 Å². The molecular formula is C11H23NO3S2. The molecule has 0 aromatic heterocycles. The maximum absolute atomic E-state index is 12.1. The molecule has 3 unspecified atom stereocenters. The summed E-state index contributed by atoms with van der Waals surface area (Å²) in [5.74, 6) is 0.236. The van der Waals surface area contributed by atoms with Crippen LogP contribution < -0.4 is 5.73 Å². The van der Waals surface area contributed by atoms with E-state index >= 15 is 0 Å². The van der Waals surface area contributed by atoms with Crippen LogP contribution in [0.2, 0.25) is 0 Å². The van der Waals surface area contributed by atoms with Crippen LogP contribution in [0.25, 0.3) is 0 Å². The van der Waals surface area contributed by atoms with E-state index in [1.165, 1.54) is 19.1 Å². The van der Waals surface area contributed by atoms with Crippen molar-refractivity contribution in [2.45, 2.75) is 49.8 Å². The van der Waals surface area contributed by atoms with Gasteiger partial charge in [-0.25, -0.2) is 8.42 Å². The fraction of sp³-hybridized carbons (Fsp3) is 1.00. The molecule has 0 radical (unpaired) electrons. The van der Waals surface area contributed by atoms with E-state index in [1.54, 1.807) is 0 Å². The van der Waals surface area contributed by atoms with Crippen molar-refractivity contribution in [2.24, 2.45) is 5.73 Å². The minimum Gasteiger partial charge on any atom is -0.327 e. The van der Waals surface area contributed by atoms with Crippen LogP contribution in [0.1, 0.15) is 38.5 Å². The molecule has 0 bridgehead atoms. The van der Waals surface area contributed by atoms with E-state index in [1.807, 2.05) is 0 Å². The van der Waals surface area contributed by atoms with Gasteiger partial charge in [-0.2, -0.15) is 0 Å². The molecule has 1 rings (SSSR count). The molecule has 1 aliphatic carbocycles. The fourth-order valence-electron chi connectivity index (χ4n) is 2.19. The topological polar surface area (TPSA) is 77.2 Å². The van der Waals surface area contributed by atoms with E-state index < -0.39 is 20.6 Å². The summed E-state index contributed by atoms with van der Waals surface area (Å²) in [7, 11) is -4.13. The smallest absolute Gasteiger partial charge is 0.148 e. The summed E-state index contributed by atoms with van der Waals surface area (Å²) in [6.45, 7) is 0. The zero-order valence-electron chi connectivity index (χ0n) is 10.4. The normalized spacial score (nSPS) is 29.3. The van der Waals surface area contributed by atoms with E-state index in [2.05, 4.69) is 0 Å². The van der Waals surface area contributed by atoms with Gasteiger partial charge in [0.25, 0.3) is 0 Å². The van der Waals surface area contributed by atoms with Crippen LogP contribution in [0.4, 0.5) is 0 Å². The van der Waals surface area contributed by atoms with Crippen LogP contribution in [0.3, 0.4) is 0 Å². The highest BCUT2D eigenvalue weighted by atomic mass is 32.2. The van der Waals surface area contributed by atoms with E-state index in [0.717, 1.165) is 25.7 Å². The molecule has 1 fully saturated rings. The van der Waals surface area contributed by atoms with Gasteiger partial charge in [0.2, 0.25) is 0 Å². The minimum absolute atomic E-state index is 0.00281. The number of hydrogen-bond donors (Lipinski definition) is 1. The minimum atomic E-state index is -3.03. The van der Waals surface area contributed by atoms with Crippen LogP contribution in [-0.4, -0.2) is 41.7 Å². The summed E-state index contributed by atoms with van der Waals surface area (Å²) in [6, 6.07) is -0.0318. The van der Waals surface area contributed by atoms with Gasteiger partial charge >= 0.3 is 0 Å². The van der Waals surface area contributed by atoms with Crippen molar-refractivity contribution in [3.63, 3.8) is 0 Å². The molecule has 17 heavy (non-hydrogen) atoms. The molecule has 0 heterocycles. The van der Waals surface area contributed by atoms with E-state index in [9.17, 15) is 12.6 Å². The van der Waals surface area contributed by atoms with Crippen molar-refractivity contribution >= 4 is 20.6 Å². The Labute approximate surface area is 107 Å². The van der Waals surface area contributed by atoms with Gasteiger partial charge in [0.15, 0.2) is 0 Å².